The highest BCUT2D eigenvalue weighted by Gasteiger charge is 2.72. The third-order valence-electron chi connectivity index (χ3n) is 3.57. The summed E-state index contributed by atoms with van der Waals surface area (Å²) in [5.41, 5.74) is -1.09. The summed E-state index contributed by atoms with van der Waals surface area (Å²) < 4.78 is 31.2. The quantitative estimate of drug-likeness (QED) is 0.876. The molecule has 1 aliphatic rings. The largest absolute Gasteiger partial charge is 0.478 e. The first kappa shape index (κ1) is 15.4. The summed E-state index contributed by atoms with van der Waals surface area (Å²) in [5.74, 6) is -5.01. The number of amides is 1. The number of aromatic carboxylic acids is 1. The first-order valence-electron chi connectivity index (χ1n) is 6.25. The van der Waals surface area contributed by atoms with Gasteiger partial charge in [-0.15, -0.1) is 0 Å². The molecule has 5 nitrogen and oxygen atoms in total. The molecule has 2 rings (SSSR count). The van der Waals surface area contributed by atoms with Gasteiger partial charge >= 0.3 is 5.97 Å². The van der Waals surface area contributed by atoms with Gasteiger partial charge in [-0.3, -0.25) is 4.79 Å². The molecule has 0 radical (unpaired) electrons. The Morgan fingerprint density at radius 1 is 1.38 bits per heavy atom. The number of ether oxygens (including phenoxy) is 1. The summed E-state index contributed by atoms with van der Waals surface area (Å²) in [6, 6.07) is 4.12. The predicted molar refractivity (Wildman–Crippen MR) is 70.4 cm³/mol. The van der Waals surface area contributed by atoms with Gasteiger partial charge in [0.15, 0.2) is 0 Å². The molecule has 0 unspecified atom stereocenters. The summed E-state index contributed by atoms with van der Waals surface area (Å²) in [4.78, 5) is 22.9. The molecule has 1 fully saturated rings. The first-order valence-corrected chi connectivity index (χ1v) is 6.25. The zero-order valence-electron chi connectivity index (χ0n) is 11.6. The maximum atomic E-state index is 13.2. The van der Waals surface area contributed by atoms with Crippen LogP contribution in [-0.4, -0.2) is 30.0 Å². The van der Waals surface area contributed by atoms with E-state index in [1.165, 1.54) is 32.2 Å². The number of benzene rings is 1. The van der Waals surface area contributed by atoms with Crippen LogP contribution in [0.2, 0.25) is 0 Å². The number of halogens is 2. The Morgan fingerprint density at radius 3 is 2.48 bits per heavy atom. The molecule has 0 aliphatic heterocycles. The molecule has 2 N–H and O–H groups in total. The fraction of sp³-hybridized carbons (Fsp3) is 0.429. The molecular weight excluding hydrogens is 284 g/mol. The molecule has 1 atom stereocenters. The van der Waals surface area contributed by atoms with Crippen LogP contribution < -0.4 is 5.32 Å². The van der Waals surface area contributed by atoms with Crippen molar-refractivity contribution in [2.75, 3.05) is 12.4 Å². The Balaban J connectivity index is 2.23. The summed E-state index contributed by atoms with van der Waals surface area (Å²) >= 11 is 0. The van der Waals surface area contributed by atoms with Crippen LogP contribution in [0.4, 0.5) is 14.5 Å². The van der Waals surface area contributed by atoms with Gasteiger partial charge < -0.3 is 15.2 Å². The van der Waals surface area contributed by atoms with E-state index < -0.39 is 29.6 Å². The highest BCUT2D eigenvalue weighted by atomic mass is 19.3. The fourth-order valence-corrected chi connectivity index (χ4v) is 2.05. The van der Waals surface area contributed by atoms with Gasteiger partial charge in [-0.05, 0) is 30.7 Å². The van der Waals surface area contributed by atoms with Gasteiger partial charge in [-0.1, -0.05) is 0 Å². The van der Waals surface area contributed by atoms with E-state index in [1.54, 1.807) is 0 Å². The van der Waals surface area contributed by atoms with E-state index in [4.69, 9.17) is 9.84 Å². The molecule has 1 aromatic rings. The summed E-state index contributed by atoms with van der Waals surface area (Å²) in [7, 11) is 1.44. The van der Waals surface area contributed by atoms with Crippen molar-refractivity contribution in [1.29, 1.82) is 0 Å². The smallest absolute Gasteiger partial charge is 0.335 e. The Labute approximate surface area is 119 Å². The van der Waals surface area contributed by atoms with Crippen LogP contribution in [-0.2, 0) is 16.1 Å². The minimum atomic E-state index is -3.02. The lowest BCUT2D eigenvalue weighted by Gasteiger charge is -2.13. The number of hydrogen-bond acceptors (Lipinski definition) is 3. The zero-order valence-corrected chi connectivity index (χ0v) is 11.6. The molecule has 1 aliphatic carbocycles. The van der Waals surface area contributed by atoms with E-state index in [0.29, 0.717) is 5.56 Å². The van der Waals surface area contributed by atoms with E-state index in [2.05, 4.69) is 5.32 Å². The van der Waals surface area contributed by atoms with Crippen LogP contribution in [0.3, 0.4) is 0 Å². The van der Waals surface area contributed by atoms with Crippen molar-refractivity contribution >= 4 is 17.6 Å². The van der Waals surface area contributed by atoms with Crippen LogP contribution >= 0.6 is 0 Å². The molecule has 1 aromatic carbocycles. The van der Waals surface area contributed by atoms with Crippen molar-refractivity contribution in [3.8, 4) is 0 Å². The molecule has 0 aromatic heterocycles. The number of alkyl halides is 2. The van der Waals surface area contributed by atoms with Crippen molar-refractivity contribution in [3.05, 3.63) is 29.3 Å². The average molecular weight is 299 g/mol. The van der Waals surface area contributed by atoms with Gasteiger partial charge in [0.1, 0.15) is 5.41 Å². The summed E-state index contributed by atoms with van der Waals surface area (Å²) in [6.45, 7) is 1.33. The van der Waals surface area contributed by atoms with Crippen LogP contribution in [0.25, 0.3) is 0 Å². The number of nitrogens with one attached hydrogen (secondary N) is 1. The molecule has 0 bridgehead atoms. The number of anilines is 1. The number of carbonyl (C=O) groups is 2. The van der Waals surface area contributed by atoms with E-state index in [9.17, 15) is 18.4 Å². The monoisotopic (exact) mass is 299 g/mol. The summed E-state index contributed by atoms with van der Waals surface area (Å²) in [6.07, 6.45) is -0.505. The highest BCUT2D eigenvalue weighted by Crippen LogP contribution is 2.60. The minimum Gasteiger partial charge on any atom is -0.478 e. The van der Waals surface area contributed by atoms with Crippen molar-refractivity contribution in [3.63, 3.8) is 0 Å². The maximum absolute atomic E-state index is 13.2. The van der Waals surface area contributed by atoms with Gasteiger partial charge in [-0.25, -0.2) is 13.6 Å². The highest BCUT2D eigenvalue weighted by molar-refractivity contribution is 5.99. The lowest BCUT2D eigenvalue weighted by molar-refractivity contribution is -0.123. The van der Waals surface area contributed by atoms with Gasteiger partial charge in [0.25, 0.3) is 5.92 Å². The zero-order chi connectivity index (χ0) is 15.8. The van der Waals surface area contributed by atoms with Crippen LogP contribution in [0, 0.1) is 5.41 Å². The Morgan fingerprint density at radius 2 is 2.00 bits per heavy atom. The van der Waals surface area contributed by atoms with Gasteiger partial charge in [0.05, 0.1) is 12.2 Å². The number of methoxy groups -OCH3 is 1. The second-order valence-corrected chi connectivity index (χ2v) is 5.32. The number of carbonyl (C=O) groups excluding carboxylic acids is 1. The Bertz CT molecular complexity index is 603. The molecule has 1 amide bonds. The molecule has 7 heteroatoms. The molecular formula is C14H15F2NO4. The van der Waals surface area contributed by atoms with Gasteiger partial charge in [-0.2, -0.15) is 0 Å². The van der Waals surface area contributed by atoms with E-state index >= 15 is 0 Å². The average Bonchev–Trinajstić information content (AvgIpc) is 2.90. The maximum Gasteiger partial charge on any atom is 0.335 e. The van der Waals surface area contributed by atoms with E-state index in [1.807, 2.05) is 0 Å². The molecule has 1 saturated carbocycles. The van der Waals surface area contributed by atoms with Gasteiger partial charge in [0, 0.05) is 19.2 Å². The minimum absolute atomic E-state index is 0.0486. The second-order valence-electron chi connectivity index (χ2n) is 5.32. The third-order valence-corrected chi connectivity index (χ3v) is 3.57. The van der Waals surface area contributed by atoms with E-state index in [0.717, 1.165) is 0 Å². The van der Waals surface area contributed by atoms with Crippen molar-refractivity contribution < 1.29 is 28.2 Å². The van der Waals surface area contributed by atoms with Crippen molar-refractivity contribution in [2.24, 2.45) is 5.41 Å². The number of carboxylic acids is 1. The van der Waals surface area contributed by atoms with Crippen LogP contribution in [0.15, 0.2) is 18.2 Å². The number of carboxylic acid groups (broad SMARTS) is 1. The second kappa shape index (κ2) is 5.07. The third kappa shape index (κ3) is 2.87. The molecule has 0 saturated heterocycles. The van der Waals surface area contributed by atoms with E-state index in [-0.39, 0.29) is 17.9 Å². The Kier molecular flexibility index (Phi) is 3.71. The van der Waals surface area contributed by atoms with Crippen molar-refractivity contribution in [2.45, 2.75) is 25.9 Å². The number of hydrogen-bond donors (Lipinski definition) is 2. The Hall–Kier alpha value is -2.02. The fourth-order valence-electron chi connectivity index (χ4n) is 2.05. The first-order chi connectivity index (χ1) is 9.69. The molecule has 0 heterocycles. The molecule has 21 heavy (non-hydrogen) atoms. The summed E-state index contributed by atoms with van der Waals surface area (Å²) in [5, 5.41) is 11.4. The van der Waals surface area contributed by atoms with Crippen LogP contribution in [0.5, 0.6) is 0 Å². The topological polar surface area (TPSA) is 75.6 Å². The molecule has 114 valence electrons. The predicted octanol–water partition coefficient (Wildman–Crippen LogP) is 2.51. The lowest BCUT2D eigenvalue weighted by atomic mass is 10.1. The number of rotatable bonds is 5. The SMILES string of the molecule is COCc1cc(NC(=O)[C@@]2(C)CC2(F)F)cc(C(=O)O)c1. The standard InChI is InChI=1S/C14H15F2NO4/c1-13(7-14(13,15)16)12(20)17-10-4-8(6-21-2)3-9(5-10)11(18)19/h3-5H,6-7H2,1-2H3,(H,17,20)(H,18,19)/t13-/m1/s1. The van der Waals surface area contributed by atoms with Gasteiger partial charge in [0.2, 0.25) is 5.91 Å². The van der Waals surface area contributed by atoms with Crippen LogP contribution in [0.1, 0.15) is 29.3 Å². The lowest BCUT2D eigenvalue weighted by Crippen LogP contribution is -2.26. The molecule has 0 spiro atoms. The van der Waals surface area contributed by atoms with Crippen molar-refractivity contribution in [1.82, 2.24) is 0 Å². The normalized spacial score (nSPS) is 22.7.